The van der Waals surface area contributed by atoms with Gasteiger partial charge in [0.25, 0.3) is 5.56 Å². The van der Waals surface area contributed by atoms with Gasteiger partial charge in [0.1, 0.15) is 17.2 Å². The van der Waals surface area contributed by atoms with Gasteiger partial charge in [0.2, 0.25) is 0 Å². The SMILES string of the molecule is COc1cc2nc(CCn3c(=O)n4n(c3=O)[C@@H]3CC5=C(C(=O)C(C)=CC5=O)[C@@H](c5c(O)cccc5OC)C3=CC4)c(=O)n(C)c2cc1OC. The minimum absolute atomic E-state index is 0.00347. The van der Waals surface area contributed by atoms with Crippen LogP contribution in [0.5, 0.6) is 23.0 Å². The lowest BCUT2D eigenvalue weighted by Crippen LogP contribution is -2.41. The molecule has 0 radical (unpaired) electrons. The average molecular weight is 668 g/mol. The van der Waals surface area contributed by atoms with Gasteiger partial charge in [-0.05, 0) is 30.7 Å². The van der Waals surface area contributed by atoms with Crippen LogP contribution in [0.1, 0.15) is 36.6 Å². The third kappa shape index (κ3) is 4.69. The lowest BCUT2D eigenvalue weighted by atomic mass is 9.67. The van der Waals surface area contributed by atoms with E-state index in [2.05, 4.69) is 4.98 Å². The number of phenols is 1. The molecule has 0 fully saturated rings. The molecule has 7 rings (SSSR count). The molecular weight excluding hydrogens is 634 g/mol. The minimum Gasteiger partial charge on any atom is -0.507 e. The highest BCUT2D eigenvalue weighted by Crippen LogP contribution is 2.53. The highest BCUT2D eigenvalue weighted by molar-refractivity contribution is 6.23. The van der Waals surface area contributed by atoms with Crippen LogP contribution < -0.4 is 31.1 Å². The van der Waals surface area contributed by atoms with Gasteiger partial charge in [0.05, 0.1) is 44.9 Å². The zero-order chi connectivity index (χ0) is 34.9. The number of aromatic hydroxyl groups is 1. The Hall–Kier alpha value is -5.92. The van der Waals surface area contributed by atoms with Crippen LogP contribution in [0.2, 0.25) is 0 Å². The maximum Gasteiger partial charge on any atom is 0.347 e. The predicted octanol–water partition coefficient (Wildman–Crippen LogP) is 2.10. The van der Waals surface area contributed by atoms with E-state index in [0.29, 0.717) is 39.4 Å². The molecule has 0 unspecified atom stereocenters. The second-order valence-electron chi connectivity index (χ2n) is 12.2. The van der Waals surface area contributed by atoms with E-state index in [-0.39, 0.29) is 65.7 Å². The molecule has 0 amide bonds. The van der Waals surface area contributed by atoms with Crippen LogP contribution in [-0.2, 0) is 36.1 Å². The summed E-state index contributed by atoms with van der Waals surface area (Å²) in [6.07, 6.45) is 3.01. The molecule has 14 nitrogen and oxygen atoms in total. The zero-order valence-electron chi connectivity index (χ0n) is 27.5. The highest BCUT2D eigenvalue weighted by atomic mass is 16.5. The van der Waals surface area contributed by atoms with Crippen molar-refractivity contribution in [1.29, 1.82) is 0 Å². The van der Waals surface area contributed by atoms with Gasteiger partial charge >= 0.3 is 11.4 Å². The Balaban J connectivity index is 1.31. The van der Waals surface area contributed by atoms with E-state index in [4.69, 9.17) is 14.2 Å². The largest absolute Gasteiger partial charge is 0.507 e. The van der Waals surface area contributed by atoms with Crippen molar-refractivity contribution in [3.05, 3.63) is 107 Å². The molecule has 0 saturated heterocycles. The van der Waals surface area contributed by atoms with E-state index in [1.54, 1.807) is 44.3 Å². The first kappa shape index (κ1) is 31.7. The maximum atomic E-state index is 14.1. The van der Waals surface area contributed by atoms with Crippen LogP contribution in [0, 0.1) is 0 Å². The number of carbonyl (C=O) groups excluding carboxylic acids is 2. The van der Waals surface area contributed by atoms with Crippen LogP contribution >= 0.6 is 0 Å². The summed E-state index contributed by atoms with van der Waals surface area (Å²) in [7, 11) is 6.02. The van der Waals surface area contributed by atoms with Gasteiger partial charge in [-0.25, -0.2) is 28.5 Å². The second kappa shape index (κ2) is 11.6. The number of methoxy groups -OCH3 is 3. The highest BCUT2D eigenvalue weighted by Gasteiger charge is 2.46. The zero-order valence-corrected chi connectivity index (χ0v) is 27.5. The van der Waals surface area contributed by atoms with E-state index in [0.717, 1.165) is 4.57 Å². The van der Waals surface area contributed by atoms with Gasteiger partial charge in [0.15, 0.2) is 23.1 Å². The van der Waals surface area contributed by atoms with E-state index in [9.17, 15) is 29.1 Å². The van der Waals surface area contributed by atoms with Gasteiger partial charge in [0, 0.05) is 66.8 Å². The lowest BCUT2D eigenvalue weighted by Gasteiger charge is -2.40. The number of ether oxygens (including phenoxy) is 3. The van der Waals surface area contributed by atoms with Gasteiger partial charge < -0.3 is 23.9 Å². The molecule has 2 aliphatic carbocycles. The molecule has 49 heavy (non-hydrogen) atoms. The van der Waals surface area contributed by atoms with Crippen molar-refractivity contribution >= 4 is 22.6 Å². The molecule has 1 aliphatic heterocycles. The Bertz CT molecular complexity index is 2400. The van der Waals surface area contributed by atoms with Crippen molar-refractivity contribution in [1.82, 2.24) is 23.5 Å². The standard InChI is InChI=1S/C35H33N5O9/c1-17-13-25(42)19-14-22-18(29(30(19)32(17)43)31-24(41)7-6-8-26(31)47-3)9-12-39-34(45)38(35(46)40(22)39)11-10-20-33(44)37(2)23-16-28(49-5)27(48-4)15-21(23)36-20/h6-9,13,15-16,22,29,41H,10-12,14H2,1-5H3/t22-,29+/m1/s1. The number of hydrogen-bond acceptors (Lipinski definition) is 10. The summed E-state index contributed by atoms with van der Waals surface area (Å²) in [5, 5.41) is 11.1. The quantitative estimate of drug-likeness (QED) is 0.228. The number of nitrogens with zero attached hydrogens (tertiary/aromatic N) is 5. The summed E-state index contributed by atoms with van der Waals surface area (Å²) in [6, 6.07) is 7.21. The van der Waals surface area contributed by atoms with Crippen molar-refractivity contribution < 1.29 is 28.9 Å². The second-order valence-corrected chi connectivity index (χ2v) is 12.2. The fourth-order valence-corrected chi connectivity index (χ4v) is 7.29. The monoisotopic (exact) mass is 667 g/mol. The Kier molecular flexibility index (Phi) is 7.53. The summed E-state index contributed by atoms with van der Waals surface area (Å²) < 4.78 is 21.4. The number of rotatable bonds is 7. The molecule has 2 aromatic heterocycles. The molecule has 0 spiro atoms. The Morgan fingerprint density at radius 3 is 2.39 bits per heavy atom. The van der Waals surface area contributed by atoms with Gasteiger partial charge in [-0.1, -0.05) is 12.1 Å². The van der Waals surface area contributed by atoms with Crippen molar-refractivity contribution in [3.8, 4) is 23.0 Å². The molecule has 3 aliphatic rings. The fourth-order valence-electron chi connectivity index (χ4n) is 7.29. The molecule has 252 valence electrons. The van der Waals surface area contributed by atoms with E-state index in [1.165, 1.54) is 47.4 Å². The van der Waals surface area contributed by atoms with E-state index in [1.807, 2.05) is 0 Å². The predicted molar refractivity (Wildman–Crippen MR) is 177 cm³/mol. The molecule has 4 aromatic rings. The van der Waals surface area contributed by atoms with Crippen molar-refractivity contribution in [2.45, 2.75) is 44.8 Å². The summed E-state index contributed by atoms with van der Waals surface area (Å²) in [6.45, 7) is 1.42. The third-order valence-corrected chi connectivity index (χ3v) is 9.68. The summed E-state index contributed by atoms with van der Waals surface area (Å²) in [5.74, 6) is -0.588. The van der Waals surface area contributed by atoms with E-state index < -0.39 is 28.9 Å². The number of phenolic OH excluding ortho intramolecular Hbond substituents is 1. The molecule has 0 bridgehead atoms. The summed E-state index contributed by atoms with van der Waals surface area (Å²) in [5.41, 5.74) is 1.09. The smallest absolute Gasteiger partial charge is 0.347 e. The van der Waals surface area contributed by atoms with E-state index >= 15 is 0 Å². The lowest BCUT2D eigenvalue weighted by molar-refractivity contribution is -0.116. The number of Topliss-reactive ketones (excluding diaryl/α,β-unsaturated/α-hetero) is 1. The maximum absolute atomic E-state index is 14.1. The number of ketones is 2. The number of fused-ring (bicyclic) bond motifs is 4. The van der Waals surface area contributed by atoms with Crippen LogP contribution in [0.3, 0.4) is 0 Å². The molecule has 14 heteroatoms. The van der Waals surface area contributed by atoms with Crippen molar-refractivity contribution in [3.63, 3.8) is 0 Å². The van der Waals surface area contributed by atoms with Gasteiger partial charge in [-0.3, -0.25) is 14.4 Å². The van der Waals surface area contributed by atoms with Crippen molar-refractivity contribution in [2.24, 2.45) is 7.05 Å². The molecule has 3 heterocycles. The molecule has 2 atom stereocenters. The third-order valence-electron chi connectivity index (χ3n) is 9.68. The Morgan fingerprint density at radius 1 is 0.959 bits per heavy atom. The summed E-state index contributed by atoms with van der Waals surface area (Å²) >= 11 is 0. The molecule has 1 N–H and O–H groups in total. The first-order valence-electron chi connectivity index (χ1n) is 15.6. The summed E-state index contributed by atoms with van der Waals surface area (Å²) in [4.78, 5) is 72.8. The first-order valence-corrected chi connectivity index (χ1v) is 15.6. The molecule has 2 aromatic carbocycles. The van der Waals surface area contributed by atoms with Crippen molar-refractivity contribution in [2.75, 3.05) is 21.3 Å². The number of allylic oxidation sites excluding steroid dienone is 6. The van der Waals surface area contributed by atoms with Gasteiger partial charge in [-0.2, -0.15) is 0 Å². The molecular formula is C35H33N5O9. The number of hydrogen-bond donors (Lipinski definition) is 1. The normalized spacial score (nSPS) is 18.5. The Morgan fingerprint density at radius 2 is 1.67 bits per heavy atom. The van der Waals surface area contributed by atoms with Crippen LogP contribution in [0.25, 0.3) is 11.0 Å². The van der Waals surface area contributed by atoms with Crippen LogP contribution in [-0.4, -0.2) is 61.5 Å². The number of aryl methyl sites for hydroxylation is 2. The fraction of sp³-hybridized carbons (Fsp3) is 0.314. The number of carbonyl (C=O) groups is 2. The number of aromatic nitrogens is 5. The molecule has 0 saturated carbocycles. The number of benzene rings is 2. The Labute approximate surface area is 278 Å². The topological polar surface area (TPSA) is 166 Å². The van der Waals surface area contributed by atoms with Crippen LogP contribution in [0.15, 0.2) is 79.2 Å². The minimum atomic E-state index is -0.912. The first-order chi connectivity index (χ1) is 23.5. The average Bonchev–Trinajstić information content (AvgIpc) is 3.34. The van der Waals surface area contributed by atoms with Crippen LogP contribution in [0.4, 0.5) is 0 Å². The van der Waals surface area contributed by atoms with Gasteiger partial charge in [-0.15, -0.1) is 0 Å².